The zero-order valence-electron chi connectivity index (χ0n) is 19.0. The second-order valence-electron chi connectivity index (χ2n) is 8.06. The van der Waals surface area contributed by atoms with Gasteiger partial charge in [-0.05, 0) is 57.5 Å². The van der Waals surface area contributed by atoms with Crippen molar-refractivity contribution in [3.8, 4) is 0 Å². The smallest absolute Gasteiger partial charge is 0.243 e. The molecule has 0 radical (unpaired) electrons. The van der Waals surface area contributed by atoms with E-state index in [0.29, 0.717) is 0 Å². The van der Waals surface area contributed by atoms with Crippen molar-refractivity contribution in [2.24, 2.45) is 0 Å². The van der Waals surface area contributed by atoms with Crippen molar-refractivity contribution in [2.45, 2.75) is 51.2 Å². The molecule has 0 aliphatic rings. The molecule has 7 nitrogen and oxygen atoms in total. The van der Waals surface area contributed by atoms with E-state index in [1.807, 2.05) is 45.0 Å². The van der Waals surface area contributed by atoms with E-state index in [2.05, 4.69) is 21.2 Å². The van der Waals surface area contributed by atoms with Crippen LogP contribution in [0.3, 0.4) is 0 Å². The molecular weight excluding hydrogens is 494 g/mol. The number of carbonyl (C=O) groups is 2. The summed E-state index contributed by atoms with van der Waals surface area (Å²) in [5.41, 5.74) is 1.77. The van der Waals surface area contributed by atoms with Crippen molar-refractivity contribution < 1.29 is 18.0 Å². The van der Waals surface area contributed by atoms with Crippen LogP contribution in [0.5, 0.6) is 0 Å². The Hall–Kier alpha value is -2.23. The summed E-state index contributed by atoms with van der Waals surface area (Å²) in [6.45, 7) is 6.99. The Balaban J connectivity index is 2.26. The summed E-state index contributed by atoms with van der Waals surface area (Å²) in [7, 11) is -2.48. The monoisotopic (exact) mass is 523 g/mol. The van der Waals surface area contributed by atoms with E-state index < -0.39 is 22.0 Å². The predicted molar refractivity (Wildman–Crippen MR) is 128 cm³/mol. The summed E-state index contributed by atoms with van der Waals surface area (Å²) in [6, 6.07) is 13.0. The van der Waals surface area contributed by atoms with Crippen molar-refractivity contribution in [3.05, 3.63) is 64.1 Å². The van der Waals surface area contributed by atoms with Crippen molar-refractivity contribution in [1.29, 1.82) is 0 Å². The zero-order chi connectivity index (χ0) is 24.1. The number of carbonyl (C=O) groups excluding carboxylic acids is 2. The Morgan fingerprint density at radius 2 is 1.56 bits per heavy atom. The minimum Gasteiger partial charge on any atom is -0.352 e. The molecule has 1 atom stereocenters. The van der Waals surface area contributed by atoms with Gasteiger partial charge < -0.3 is 10.2 Å². The van der Waals surface area contributed by atoms with Gasteiger partial charge in [0.05, 0.1) is 11.4 Å². The summed E-state index contributed by atoms with van der Waals surface area (Å²) in [4.78, 5) is 27.4. The first kappa shape index (κ1) is 26.0. The normalized spacial score (nSPS) is 12.6. The van der Waals surface area contributed by atoms with E-state index >= 15 is 0 Å². The maximum atomic E-state index is 13.2. The third kappa shape index (κ3) is 6.88. The molecule has 1 N–H and O–H groups in total. The highest BCUT2D eigenvalue weighted by Crippen LogP contribution is 2.17. The topological polar surface area (TPSA) is 86.8 Å². The van der Waals surface area contributed by atoms with E-state index in [0.717, 1.165) is 19.9 Å². The van der Waals surface area contributed by atoms with E-state index in [1.165, 1.54) is 24.1 Å². The van der Waals surface area contributed by atoms with Crippen LogP contribution in [-0.4, -0.2) is 55.1 Å². The SMILES string of the molecule is Cc1ccc(S(=O)(=O)N(C)CC(=O)N(Cc2ccc(Br)cc2)[C@@H](C)C(=O)NC(C)C)cc1. The number of nitrogens with zero attached hydrogens (tertiary/aromatic N) is 2. The van der Waals surface area contributed by atoms with Crippen LogP contribution in [-0.2, 0) is 26.2 Å². The highest BCUT2D eigenvalue weighted by molar-refractivity contribution is 9.10. The number of benzene rings is 2. The maximum Gasteiger partial charge on any atom is 0.243 e. The van der Waals surface area contributed by atoms with Gasteiger partial charge in [-0.2, -0.15) is 4.31 Å². The molecule has 0 heterocycles. The molecule has 2 aromatic carbocycles. The fourth-order valence-corrected chi connectivity index (χ4v) is 4.42. The third-order valence-corrected chi connectivity index (χ3v) is 7.30. The lowest BCUT2D eigenvalue weighted by Crippen LogP contribution is -2.51. The molecular formula is C23H30BrN3O4S. The minimum atomic E-state index is -3.85. The third-order valence-electron chi connectivity index (χ3n) is 4.95. The molecule has 9 heteroatoms. The van der Waals surface area contributed by atoms with Gasteiger partial charge >= 0.3 is 0 Å². The molecule has 174 valence electrons. The van der Waals surface area contributed by atoms with Gasteiger partial charge in [0.2, 0.25) is 21.8 Å². The quantitative estimate of drug-likeness (QED) is 0.546. The summed E-state index contributed by atoms with van der Waals surface area (Å²) in [5.74, 6) is -0.757. The summed E-state index contributed by atoms with van der Waals surface area (Å²) >= 11 is 3.38. The molecule has 0 spiro atoms. The molecule has 2 amide bonds. The van der Waals surface area contributed by atoms with Gasteiger partial charge in [0, 0.05) is 24.1 Å². The van der Waals surface area contributed by atoms with Crippen LogP contribution in [0, 0.1) is 6.92 Å². The second kappa shape index (κ2) is 11.1. The van der Waals surface area contributed by atoms with Crippen LogP contribution < -0.4 is 5.32 Å². The molecule has 0 saturated heterocycles. The van der Waals surface area contributed by atoms with E-state index in [-0.39, 0.29) is 29.9 Å². The first-order chi connectivity index (χ1) is 14.9. The lowest BCUT2D eigenvalue weighted by Gasteiger charge is -2.30. The van der Waals surface area contributed by atoms with Crippen LogP contribution in [0.2, 0.25) is 0 Å². The molecule has 0 unspecified atom stereocenters. The lowest BCUT2D eigenvalue weighted by molar-refractivity contribution is -0.140. The van der Waals surface area contributed by atoms with Gasteiger partial charge in [-0.1, -0.05) is 45.8 Å². The van der Waals surface area contributed by atoms with Crippen molar-refractivity contribution in [1.82, 2.24) is 14.5 Å². The van der Waals surface area contributed by atoms with Gasteiger partial charge in [-0.25, -0.2) is 8.42 Å². The molecule has 0 aliphatic heterocycles. The second-order valence-corrected chi connectivity index (χ2v) is 11.0. The van der Waals surface area contributed by atoms with E-state index in [9.17, 15) is 18.0 Å². The fraction of sp³-hybridized carbons (Fsp3) is 0.391. The van der Waals surface area contributed by atoms with Crippen molar-refractivity contribution in [3.63, 3.8) is 0 Å². The van der Waals surface area contributed by atoms with Gasteiger partial charge in [0.15, 0.2) is 0 Å². The van der Waals surface area contributed by atoms with Crippen LogP contribution in [0.1, 0.15) is 31.9 Å². The highest BCUT2D eigenvalue weighted by atomic mass is 79.9. The molecule has 0 saturated carbocycles. The maximum absolute atomic E-state index is 13.2. The van der Waals surface area contributed by atoms with Gasteiger partial charge in [0.25, 0.3) is 0 Å². The lowest BCUT2D eigenvalue weighted by atomic mass is 10.1. The zero-order valence-corrected chi connectivity index (χ0v) is 21.4. The molecule has 32 heavy (non-hydrogen) atoms. The Morgan fingerprint density at radius 1 is 1.00 bits per heavy atom. The first-order valence-corrected chi connectivity index (χ1v) is 12.5. The first-order valence-electron chi connectivity index (χ1n) is 10.3. The van der Waals surface area contributed by atoms with Crippen LogP contribution >= 0.6 is 15.9 Å². The molecule has 0 aromatic heterocycles. The van der Waals surface area contributed by atoms with Gasteiger partial charge in [-0.15, -0.1) is 0 Å². The number of sulfonamides is 1. The largest absolute Gasteiger partial charge is 0.352 e. The predicted octanol–water partition coefficient (Wildman–Crippen LogP) is 3.32. The number of nitrogens with one attached hydrogen (secondary N) is 1. The average molecular weight is 524 g/mol. The highest BCUT2D eigenvalue weighted by Gasteiger charge is 2.30. The molecule has 0 bridgehead atoms. The Kier molecular flexibility index (Phi) is 9.00. The van der Waals surface area contributed by atoms with Crippen LogP contribution in [0.4, 0.5) is 0 Å². The van der Waals surface area contributed by atoms with E-state index in [4.69, 9.17) is 0 Å². The Bertz CT molecular complexity index is 1040. The Morgan fingerprint density at radius 3 is 2.09 bits per heavy atom. The van der Waals surface area contributed by atoms with E-state index in [1.54, 1.807) is 19.1 Å². The number of hydrogen-bond acceptors (Lipinski definition) is 4. The fourth-order valence-electron chi connectivity index (χ4n) is 3.03. The molecule has 2 aromatic rings. The summed E-state index contributed by atoms with van der Waals surface area (Å²) in [6.07, 6.45) is 0. The van der Waals surface area contributed by atoms with Gasteiger partial charge in [0.1, 0.15) is 6.04 Å². The minimum absolute atomic E-state index is 0.0841. The average Bonchev–Trinajstić information content (AvgIpc) is 2.72. The number of amides is 2. The molecule has 0 aliphatic carbocycles. The number of aryl methyl sites for hydroxylation is 1. The van der Waals surface area contributed by atoms with Crippen LogP contribution in [0.25, 0.3) is 0 Å². The number of halogens is 1. The van der Waals surface area contributed by atoms with Crippen molar-refractivity contribution in [2.75, 3.05) is 13.6 Å². The number of rotatable bonds is 9. The number of hydrogen-bond donors (Lipinski definition) is 1. The summed E-state index contributed by atoms with van der Waals surface area (Å²) in [5, 5.41) is 2.82. The van der Waals surface area contributed by atoms with Crippen molar-refractivity contribution >= 4 is 37.8 Å². The van der Waals surface area contributed by atoms with Crippen LogP contribution in [0.15, 0.2) is 57.9 Å². The number of likely N-dealkylation sites (N-methyl/N-ethyl adjacent to an activating group) is 1. The summed E-state index contributed by atoms with van der Waals surface area (Å²) < 4.78 is 27.7. The molecule has 0 fully saturated rings. The standard InChI is InChI=1S/C23H30BrN3O4S/c1-16(2)25-23(29)18(4)27(14-19-8-10-20(24)11-9-19)22(28)15-26(5)32(30,31)21-12-6-17(3)7-13-21/h6-13,16,18H,14-15H2,1-5H3,(H,25,29)/t18-/m0/s1. The van der Waals surface area contributed by atoms with Gasteiger partial charge in [-0.3, -0.25) is 9.59 Å². The Labute approximate surface area is 199 Å². The molecule has 2 rings (SSSR count).